The molecular formula is C8H16BF3NO6. The van der Waals surface area contributed by atoms with Crippen LogP contribution in [-0.4, -0.2) is 52.1 Å². The third-order valence-corrected chi connectivity index (χ3v) is 1.29. The Balaban J connectivity index is -0.000000228. The van der Waals surface area contributed by atoms with E-state index in [0.717, 1.165) is 0 Å². The number of hydrogen-bond acceptors (Lipinski definition) is 5. The standard InChI is InChI=1S/C6H13NO2.C2HF3O2.BH2O2/c1-4(2)3-5(7)6(8)9;3-2(4,5)1(6)7;2-1-3/h4-5H,3,7H2,1-2H3,(H,8,9);(H,6,7);2-3H. The molecule has 113 valence electrons. The molecule has 0 rings (SSSR count). The fourth-order valence-corrected chi connectivity index (χ4v) is 0.609. The lowest BCUT2D eigenvalue weighted by molar-refractivity contribution is -0.192. The monoisotopic (exact) mass is 290 g/mol. The fourth-order valence-electron chi connectivity index (χ4n) is 0.609. The van der Waals surface area contributed by atoms with Gasteiger partial charge in [-0.15, -0.1) is 0 Å². The first-order valence-corrected chi connectivity index (χ1v) is 4.78. The molecule has 1 radical (unpaired) electrons. The van der Waals surface area contributed by atoms with Crippen LogP contribution in [0.5, 0.6) is 0 Å². The molecule has 6 N–H and O–H groups in total. The van der Waals surface area contributed by atoms with Crippen LogP contribution in [0.3, 0.4) is 0 Å². The van der Waals surface area contributed by atoms with Crippen LogP contribution in [0.2, 0.25) is 0 Å². The largest absolute Gasteiger partial charge is 0.490 e. The lowest BCUT2D eigenvalue weighted by Gasteiger charge is -2.07. The van der Waals surface area contributed by atoms with E-state index in [2.05, 4.69) is 0 Å². The highest BCUT2D eigenvalue weighted by atomic mass is 19.4. The highest BCUT2D eigenvalue weighted by Gasteiger charge is 2.38. The zero-order chi connectivity index (χ0) is 16.2. The Kier molecular flexibility index (Phi) is 14.1. The van der Waals surface area contributed by atoms with Gasteiger partial charge in [0.05, 0.1) is 0 Å². The van der Waals surface area contributed by atoms with Crippen LogP contribution < -0.4 is 5.73 Å². The quantitative estimate of drug-likeness (QED) is 0.444. The van der Waals surface area contributed by atoms with Crippen molar-refractivity contribution in [1.29, 1.82) is 0 Å². The Morgan fingerprint density at radius 1 is 1.21 bits per heavy atom. The van der Waals surface area contributed by atoms with Crippen LogP contribution in [0.15, 0.2) is 0 Å². The lowest BCUT2D eigenvalue weighted by atomic mass is 10.1. The van der Waals surface area contributed by atoms with Crippen molar-refractivity contribution in [2.24, 2.45) is 11.7 Å². The van der Waals surface area contributed by atoms with E-state index in [9.17, 15) is 18.0 Å². The Labute approximate surface area is 108 Å². The fraction of sp³-hybridized carbons (Fsp3) is 0.750. The number of carbonyl (C=O) groups is 2. The van der Waals surface area contributed by atoms with Crippen molar-refractivity contribution in [3.05, 3.63) is 0 Å². The van der Waals surface area contributed by atoms with Crippen LogP contribution in [0.25, 0.3) is 0 Å². The first-order chi connectivity index (χ1) is 8.39. The maximum Gasteiger partial charge on any atom is 0.490 e. The third-order valence-electron chi connectivity index (χ3n) is 1.29. The molecule has 0 amide bonds. The lowest BCUT2D eigenvalue weighted by Crippen LogP contribution is -2.31. The molecule has 1 unspecified atom stereocenters. The molecule has 0 aliphatic rings. The highest BCUT2D eigenvalue weighted by Crippen LogP contribution is 2.13. The van der Waals surface area contributed by atoms with E-state index in [4.69, 9.17) is 30.8 Å². The molecule has 0 aromatic rings. The van der Waals surface area contributed by atoms with Crippen molar-refractivity contribution in [3.63, 3.8) is 0 Å². The van der Waals surface area contributed by atoms with Crippen molar-refractivity contribution >= 4 is 19.6 Å². The van der Waals surface area contributed by atoms with E-state index in [1.54, 1.807) is 0 Å². The number of nitrogens with two attached hydrogens (primary N) is 1. The van der Waals surface area contributed by atoms with Gasteiger partial charge in [0, 0.05) is 0 Å². The van der Waals surface area contributed by atoms with Gasteiger partial charge in [0.25, 0.3) is 0 Å². The number of rotatable bonds is 3. The molecule has 0 aromatic carbocycles. The molecule has 0 aromatic heterocycles. The van der Waals surface area contributed by atoms with Gasteiger partial charge in [-0.2, -0.15) is 13.2 Å². The predicted molar refractivity (Wildman–Crippen MR) is 58.9 cm³/mol. The van der Waals surface area contributed by atoms with Gasteiger partial charge in [-0.3, -0.25) is 4.79 Å². The van der Waals surface area contributed by atoms with Crippen molar-refractivity contribution in [2.75, 3.05) is 0 Å². The second-order valence-corrected chi connectivity index (χ2v) is 3.49. The Morgan fingerprint density at radius 3 is 1.53 bits per heavy atom. The van der Waals surface area contributed by atoms with E-state index in [0.29, 0.717) is 12.3 Å². The first-order valence-electron chi connectivity index (χ1n) is 4.78. The van der Waals surface area contributed by atoms with Gasteiger partial charge < -0.3 is 26.0 Å². The number of carboxylic acid groups (broad SMARTS) is 2. The molecule has 0 aliphatic heterocycles. The maximum absolute atomic E-state index is 10.6. The molecule has 7 nitrogen and oxygen atoms in total. The summed E-state index contributed by atoms with van der Waals surface area (Å²) in [6, 6.07) is -0.690. The summed E-state index contributed by atoms with van der Waals surface area (Å²) in [6.07, 6.45) is -4.53. The van der Waals surface area contributed by atoms with Gasteiger partial charge in [-0.05, 0) is 12.3 Å². The SMILES string of the molecule is CC(C)CC(N)C(=O)O.O=C(O)C(F)(F)F.O[B]O. The molecule has 11 heteroatoms. The van der Waals surface area contributed by atoms with E-state index < -0.39 is 24.2 Å². The summed E-state index contributed by atoms with van der Waals surface area (Å²) in [5.74, 6) is -3.31. The van der Waals surface area contributed by atoms with Gasteiger partial charge in [0.15, 0.2) is 0 Å². The molecule has 0 saturated heterocycles. The second-order valence-electron chi connectivity index (χ2n) is 3.49. The predicted octanol–water partition coefficient (Wildman–Crippen LogP) is -0.417. The van der Waals surface area contributed by atoms with Gasteiger partial charge in [0.1, 0.15) is 6.04 Å². The van der Waals surface area contributed by atoms with E-state index in [1.165, 1.54) is 0 Å². The average Bonchev–Trinajstić information content (AvgIpc) is 2.16. The molecule has 0 saturated carbocycles. The van der Waals surface area contributed by atoms with Gasteiger partial charge >= 0.3 is 25.8 Å². The van der Waals surface area contributed by atoms with Crippen LogP contribution in [-0.2, 0) is 9.59 Å². The molecular weight excluding hydrogens is 274 g/mol. The van der Waals surface area contributed by atoms with Gasteiger partial charge in [-0.25, -0.2) is 4.79 Å². The Bertz CT molecular complexity index is 261. The van der Waals surface area contributed by atoms with Crippen LogP contribution in [0.1, 0.15) is 20.3 Å². The second kappa shape index (κ2) is 11.7. The summed E-state index contributed by atoms with van der Waals surface area (Å²) in [6.45, 7) is 3.89. The smallest absolute Gasteiger partial charge is 0.480 e. The minimum atomic E-state index is -5.08. The summed E-state index contributed by atoms with van der Waals surface area (Å²) >= 11 is 0. The number of carboxylic acids is 2. The summed E-state index contributed by atoms with van der Waals surface area (Å²) in [7, 11) is 0. The molecule has 19 heavy (non-hydrogen) atoms. The third kappa shape index (κ3) is 22.4. The minimum absolute atomic E-state index is 0. The summed E-state index contributed by atoms with van der Waals surface area (Å²) in [4.78, 5) is 19.0. The number of alkyl halides is 3. The molecule has 0 fully saturated rings. The van der Waals surface area contributed by atoms with Crippen LogP contribution in [0.4, 0.5) is 13.2 Å². The van der Waals surface area contributed by atoms with E-state index in [1.807, 2.05) is 13.8 Å². The zero-order valence-corrected chi connectivity index (χ0v) is 10.3. The Hall–Kier alpha value is -1.33. The molecule has 1 atom stereocenters. The van der Waals surface area contributed by atoms with Crippen LogP contribution in [0, 0.1) is 5.92 Å². The van der Waals surface area contributed by atoms with Crippen molar-refractivity contribution in [2.45, 2.75) is 32.5 Å². The highest BCUT2D eigenvalue weighted by molar-refractivity contribution is 6.13. The van der Waals surface area contributed by atoms with E-state index in [-0.39, 0.29) is 7.69 Å². The summed E-state index contributed by atoms with van der Waals surface area (Å²) in [5, 5.41) is 29.4. The molecule has 0 aliphatic carbocycles. The van der Waals surface area contributed by atoms with E-state index >= 15 is 0 Å². The first kappa shape index (κ1) is 22.8. The molecule has 0 spiro atoms. The number of aliphatic carboxylic acids is 2. The van der Waals surface area contributed by atoms with Gasteiger partial charge in [0.2, 0.25) is 0 Å². The van der Waals surface area contributed by atoms with Crippen molar-refractivity contribution < 1.29 is 43.0 Å². The average molecular weight is 290 g/mol. The normalized spacial score (nSPS) is 11.4. The zero-order valence-electron chi connectivity index (χ0n) is 10.3. The number of halogens is 3. The van der Waals surface area contributed by atoms with Crippen molar-refractivity contribution in [1.82, 2.24) is 0 Å². The maximum atomic E-state index is 10.6. The topological polar surface area (TPSA) is 141 Å². The Morgan fingerprint density at radius 2 is 1.47 bits per heavy atom. The summed E-state index contributed by atoms with van der Waals surface area (Å²) in [5.41, 5.74) is 5.22. The number of hydrogen-bond donors (Lipinski definition) is 5. The minimum Gasteiger partial charge on any atom is -0.480 e. The molecule has 0 bridgehead atoms. The van der Waals surface area contributed by atoms with Crippen molar-refractivity contribution in [3.8, 4) is 0 Å². The molecule has 0 heterocycles. The van der Waals surface area contributed by atoms with Crippen LogP contribution >= 0.6 is 0 Å². The van der Waals surface area contributed by atoms with Gasteiger partial charge in [-0.1, -0.05) is 13.8 Å². The summed E-state index contributed by atoms with van der Waals surface area (Å²) < 4.78 is 31.7.